The second-order valence-corrected chi connectivity index (χ2v) is 6.74. The van der Waals surface area contributed by atoms with Crippen LogP contribution >= 0.6 is 0 Å². The van der Waals surface area contributed by atoms with Gasteiger partial charge in [0.1, 0.15) is 12.7 Å². The molecule has 130 valence electrons. The van der Waals surface area contributed by atoms with Crippen molar-refractivity contribution in [3.05, 3.63) is 48.4 Å². The lowest BCUT2D eigenvalue weighted by Crippen LogP contribution is -2.36. The zero-order chi connectivity index (χ0) is 17.1. The molecule has 25 heavy (non-hydrogen) atoms. The first-order chi connectivity index (χ1) is 12.3. The summed E-state index contributed by atoms with van der Waals surface area (Å²) >= 11 is 0. The lowest BCUT2D eigenvalue weighted by atomic mass is 9.98. The minimum Gasteiger partial charge on any atom is -0.338 e. The number of aromatic nitrogens is 5. The van der Waals surface area contributed by atoms with Gasteiger partial charge in [0.05, 0.1) is 6.54 Å². The number of piperidine rings is 1. The molecule has 7 nitrogen and oxygen atoms in total. The van der Waals surface area contributed by atoms with Gasteiger partial charge >= 0.3 is 0 Å². The fraction of sp³-hybridized carbons (Fsp3) is 0.444. The number of nitrogens with zero attached hydrogens (tertiary/aromatic N) is 6. The summed E-state index contributed by atoms with van der Waals surface area (Å²) in [5.74, 6) is 1.92. The van der Waals surface area contributed by atoms with Crippen LogP contribution in [-0.4, -0.2) is 42.9 Å². The Balaban J connectivity index is 1.38. The molecule has 4 rings (SSSR count). The zero-order valence-electron chi connectivity index (χ0n) is 14.4. The standard InChI is InChI=1S/C18H22N6O/c1-14-4-2-6-16(8-14)18-21-17(25-22-18)11-23-7-3-5-15(9-23)10-24-13-19-12-20-24/h2,4,6,8,12-13,15H,3,5,7,9-11H2,1H3/t15-/m1/s1. The van der Waals surface area contributed by atoms with Gasteiger partial charge in [0.25, 0.3) is 0 Å². The van der Waals surface area contributed by atoms with Crippen molar-refractivity contribution in [3.8, 4) is 11.4 Å². The summed E-state index contributed by atoms with van der Waals surface area (Å²) in [7, 11) is 0. The van der Waals surface area contributed by atoms with Crippen molar-refractivity contribution in [2.45, 2.75) is 32.9 Å². The summed E-state index contributed by atoms with van der Waals surface area (Å²) < 4.78 is 7.39. The van der Waals surface area contributed by atoms with Gasteiger partial charge in [-0.2, -0.15) is 10.1 Å². The van der Waals surface area contributed by atoms with Crippen molar-refractivity contribution in [2.24, 2.45) is 5.92 Å². The number of hydrogen-bond donors (Lipinski definition) is 0. The summed E-state index contributed by atoms with van der Waals surface area (Å²) in [6, 6.07) is 8.16. The third-order valence-electron chi connectivity index (χ3n) is 4.62. The minimum atomic E-state index is 0.578. The Bertz CT molecular complexity index is 813. The summed E-state index contributed by atoms with van der Waals surface area (Å²) in [6.45, 7) is 5.76. The normalized spacial score (nSPS) is 18.5. The number of aryl methyl sites for hydroxylation is 1. The average Bonchev–Trinajstić information content (AvgIpc) is 3.27. The van der Waals surface area contributed by atoms with E-state index < -0.39 is 0 Å². The molecule has 1 fully saturated rings. The fourth-order valence-corrected chi connectivity index (χ4v) is 3.45. The summed E-state index contributed by atoms with van der Waals surface area (Å²) in [5.41, 5.74) is 2.19. The maximum atomic E-state index is 5.47. The molecule has 3 aromatic rings. The molecule has 2 aromatic heterocycles. The van der Waals surface area contributed by atoms with Crippen molar-refractivity contribution in [1.82, 2.24) is 29.8 Å². The van der Waals surface area contributed by atoms with E-state index in [1.165, 1.54) is 18.4 Å². The van der Waals surface area contributed by atoms with Crippen molar-refractivity contribution < 1.29 is 4.52 Å². The molecule has 1 aromatic carbocycles. The van der Waals surface area contributed by atoms with Crippen LogP contribution in [0.15, 0.2) is 41.4 Å². The molecule has 0 bridgehead atoms. The van der Waals surface area contributed by atoms with Gasteiger partial charge in [0, 0.05) is 18.7 Å². The van der Waals surface area contributed by atoms with E-state index in [1.54, 1.807) is 12.7 Å². The third kappa shape index (κ3) is 3.93. The molecule has 3 heterocycles. The number of benzene rings is 1. The zero-order valence-corrected chi connectivity index (χ0v) is 14.4. The lowest BCUT2D eigenvalue weighted by Gasteiger charge is -2.31. The van der Waals surface area contributed by atoms with Gasteiger partial charge < -0.3 is 4.52 Å². The first-order valence-electron chi connectivity index (χ1n) is 8.70. The van der Waals surface area contributed by atoms with Gasteiger partial charge in [-0.15, -0.1) is 0 Å². The van der Waals surface area contributed by atoms with Gasteiger partial charge in [-0.25, -0.2) is 4.98 Å². The minimum absolute atomic E-state index is 0.578. The summed E-state index contributed by atoms with van der Waals surface area (Å²) in [6.07, 6.45) is 5.77. The Kier molecular flexibility index (Phi) is 4.56. The van der Waals surface area contributed by atoms with E-state index in [2.05, 4.69) is 44.2 Å². The van der Waals surface area contributed by atoms with E-state index >= 15 is 0 Å². The van der Waals surface area contributed by atoms with Crippen molar-refractivity contribution in [2.75, 3.05) is 13.1 Å². The molecule has 1 saturated heterocycles. The number of hydrogen-bond acceptors (Lipinski definition) is 6. The van der Waals surface area contributed by atoms with Crippen LogP contribution in [0.25, 0.3) is 11.4 Å². The molecule has 1 aliphatic rings. The molecule has 1 aliphatic heterocycles. The maximum absolute atomic E-state index is 5.47. The second-order valence-electron chi connectivity index (χ2n) is 6.74. The first kappa shape index (κ1) is 16.0. The Labute approximate surface area is 146 Å². The monoisotopic (exact) mass is 338 g/mol. The SMILES string of the molecule is Cc1cccc(-c2noc(CN3CCC[C@@H](Cn4cncn4)C3)n2)c1. The van der Waals surface area contributed by atoms with E-state index in [-0.39, 0.29) is 0 Å². The Morgan fingerprint density at radius 1 is 1.32 bits per heavy atom. The van der Waals surface area contributed by atoms with E-state index in [4.69, 9.17) is 4.52 Å². The molecule has 1 atom stereocenters. The van der Waals surface area contributed by atoms with Crippen LogP contribution in [-0.2, 0) is 13.1 Å². The van der Waals surface area contributed by atoms with Crippen LogP contribution in [0.3, 0.4) is 0 Å². The Hall–Kier alpha value is -2.54. The van der Waals surface area contributed by atoms with Gasteiger partial charge in [-0.3, -0.25) is 9.58 Å². The van der Waals surface area contributed by atoms with E-state index in [9.17, 15) is 0 Å². The molecular weight excluding hydrogens is 316 g/mol. The van der Waals surface area contributed by atoms with Gasteiger partial charge in [0.2, 0.25) is 11.7 Å². The van der Waals surface area contributed by atoms with E-state index in [0.29, 0.717) is 24.2 Å². The number of rotatable bonds is 5. The first-order valence-corrected chi connectivity index (χ1v) is 8.70. The van der Waals surface area contributed by atoms with Crippen LogP contribution in [0, 0.1) is 12.8 Å². The highest BCUT2D eigenvalue weighted by molar-refractivity contribution is 5.55. The molecular formula is C18H22N6O. The van der Waals surface area contributed by atoms with E-state index in [0.717, 1.165) is 25.2 Å². The molecule has 7 heteroatoms. The summed E-state index contributed by atoms with van der Waals surface area (Å²) in [4.78, 5) is 11.0. The van der Waals surface area contributed by atoms with Crippen LogP contribution in [0.5, 0.6) is 0 Å². The van der Waals surface area contributed by atoms with Crippen LogP contribution in [0.1, 0.15) is 24.3 Å². The molecule has 0 unspecified atom stereocenters. The van der Waals surface area contributed by atoms with Gasteiger partial charge in [-0.05, 0) is 38.3 Å². The van der Waals surface area contributed by atoms with Crippen molar-refractivity contribution >= 4 is 0 Å². The quantitative estimate of drug-likeness (QED) is 0.712. The van der Waals surface area contributed by atoms with Crippen molar-refractivity contribution in [3.63, 3.8) is 0 Å². The predicted molar refractivity (Wildman–Crippen MR) is 92.5 cm³/mol. The smallest absolute Gasteiger partial charge is 0.241 e. The lowest BCUT2D eigenvalue weighted by molar-refractivity contribution is 0.138. The average molecular weight is 338 g/mol. The third-order valence-corrected chi connectivity index (χ3v) is 4.62. The Morgan fingerprint density at radius 3 is 3.12 bits per heavy atom. The molecule has 0 amide bonds. The van der Waals surface area contributed by atoms with Gasteiger partial charge in [0.15, 0.2) is 0 Å². The van der Waals surface area contributed by atoms with Crippen LogP contribution in [0.4, 0.5) is 0 Å². The molecule has 0 aliphatic carbocycles. The second kappa shape index (κ2) is 7.14. The maximum Gasteiger partial charge on any atom is 0.241 e. The highest BCUT2D eigenvalue weighted by Gasteiger charge is 2.22. The van der Waals surface area contributed by atoms with Crippen LogP contribution < -0.4 is 0 Å². The Morgan fingerprint density at radius 2 is 2.28 bits per heavy atom. The highest BCUT2D eigenvalue weighted by atomic mass is 16.5. The van der Waals surface area contributed by atoms with Crippen molar-refractivity contribution in [1.29, 1.82) is 0 Å². The highest BCUT2D eigenvalue weighted by Crippen LogP contribution is 2.21. The molecule has 0 radical (unpaired) electrons. The summed E-state index contributed by atoms with van der Waals surface area (Å²) in [5, 5.41) is 8.35. The van der Waals surface area contributed by atoms with Gasteiger partial charge in [-0.1, -0.05) is 28.9 Å². The fourth-order valence-electron chi connectivity index (χ4n) is 3.45. The molecule has 0 saturated carbocycles. The van der Waals surface area contributed by atoms with E-state index in [1.807, 2.05) is 16.8 Å². The number of likely N-dealkylation sites (tertiary alicyclic amines) is 1. The largest absolute Gasteiger partial charge is 0.338 e. The molecule has 0 N–H and O–H groups in total. The predicted octanol–water partition coefficient (Wildman–Crippen LogP) is 2.55. The topological polar surface area (TPSA) is 72.9 Å². The van der Waals surface area contributed by atoms with Crippen LogP contribution in [0.2, 0.25) is 0 Å². The molecule has 0 spiro atoms.